The number of benzene rings is 3. The number of hydrogen-bond donors (Lipinski definition) is 10. The molecule has 0 radical (unpaired) electrons. The van der Waals surface area contributed by atoms with E-state index in [1.54, 1.807) is 38.4 Å². The number of carbonyl (C=O) groups excluding carboxylic acids is 4. The number of nitrogens with two attached hydrogens (primary N) is 1. The third kappa shape index (κ3) is 11.8. The number of H-pyrrole nitrogens is 1. The van der Waals surface area contributed by atoms with Gasteiger partial charge in [0.1, 0.15) is 29.9 Å². The SMILES string of the molecule is CC(=O)OCCSSC[C@H](NC(=O)c1ccc(NCc2cnc3nc(N)[nH]c(=O)c3n2)cc1)C(=O)O.CC[C@]1(O)CC2CN(CCC3=C(Cc4ccccc43)[C@@](C(=O)OC)(c3cc4c(cc3OC)N(C)[C@H]3[C@@](O)(C(=O)NNC)[C@H](O)[C@]5(CC)C=CCN6CC[C@]43[C@@H]65)C2)C1. The summed E-state index contributed by atoms with van der Waals surface area (Å²) in [6.45, 7) is 9.37. The third-order valence-electron chi connectivity index (χ3n) is 20.3. The molecule has 11 N–H and O–H groups in total. The third-order valence-corrected chi connectivity index (χ3v) is 22.7. The number of aliphatic carboxylic acids is 1. The lowest BCUT2D eigenvalue weighted by molar-refractivity contribution is -0.204. The fourth-order valence-corrected chi connectivity index (χ4v) is 18.4. The normalized spacial score (nSPS) is 28.3. The summed E-state index contributed by atoms with van der Waals surface area (Å²) in [5.41, 5.74) is 12.8. The molecule has 5 aromatic rings. The molecule has 2 aliphatic carbocycles. The van der Waals surface area contributed by atoms with E-state index >= 15 is 4.79 Å². The van der Waals surface area contributed by atoms with E-state index in [2.05, 4.69) is 87.6 Å². The van der Waals surface area contributed by atoms with Crippen molar-refractivity contribution >= 4 is 85.4 Å². The van der Waals surface area contributed by atoms with Crippen LogP contribution in [-0.2, 0) is 52.4 Å². The van der Waals surface area contributed by atoms with E-state index in [9.17, 15) is 44.4 Å². The quantitative estimate of drug-likeness (QED) is 0.0184. The zero-order valence-corrected chi connectivity index (χ0v) is 54.9. The number of aliphatic hydroxyl groups excluding tert-OH is 1. The fourth-order valence-electron chi connectivity index (χ4n) is 16.4. The van der Waals surface area contributed by atoms with Gasteiger partial charge in [0.25, 0.3) is 17.4 Å². The molecular formula is C66H82N12O13S2. The Labute approximate surface area is 546 Å². The molecule has 12 rings (SSSR count). The molecule has 1 spiro atoms. The number of hydrazine groups is 1. The number of piperidine rings is 1. The number of nitrogens with zero attached hydrogens (tertiary/aromatic N) is 6. The molecule has 27 heteroatoms. The number of amides is 2. The first-order valence-electron chi connectivity index (χ1n) is 31.4. The molecule has 2 amide bonds. The maximum absolute atomic E-state index is 15.3. The monoisotopic (exact) mass is 1310 g/mol. The molecule has 2 saturated heterocycles. The number of anilines is 3. The number of aromatic amines is 1. The topological polar surface area (TPSA) is 349 Å². The molecule has 25 nitrogen and oxygen atoms in total. The van der Waals surface area contributed by atoms with Crippen LogP contribution in [0.1, 0.15) is 97.6 Å². The molecular weight excluding hydrogens is 1230 g/mol. The highest BCUT2D eigenvalue weighted by Gasteiger charge is 2.79. The molecule has 11 atom stereocenters. The van der Waals surface area contributed by atoms with E-state index in [1.165, 1.54) is 47.4 Å². The standard InChI is InChI=1S/C45H59N5O7.C21H23N7O6S2/c1-7-41(54)23-27-24-44(40(53)57-6,31-20-28-12-9-10-13-29(28)30(31)14-18-49(25-27)26-41)33-21-32-34(22-35(33)56-5)48(4)37-43(32)16-19-50-17-11-15-42(8-2,36(43)50)38(51)45(37,55)39(52)47-46-3;1-11(29)34-6-7-35-36-10-15(20(32)33)26-18(30)12-2-4-13(5-3-12)23-8-14-9-24-17-16(25-14)19(31)28-21(22)27-17/h9-13,15,21-22,27,36-38,46,51,54-55H,7-8,14,16-20,23-26H2,1-6H3,(H,47,52);2-5,9,15,23H,6-8,10H2,1H3,(H,26,30)(H,32,33)(H3,22,24,27,28,31)/t27?,36-,37+,38+,41-,42+,43+,44+,45-;15-/m00/s1. The van der Waals surface area contributed by atoms with Crippen LogP contribution in [0.3, 0.4) is 0 Å². The molecule has 3 fully saturated rings. The van der Waals surface area contributed by atoms with Crippen LogP contribution >= 0.6 is 21.6 Å². The van der Waals surface area contributed by atoms with Gasteiger partial charge in [0.15, 0.2) is 16.8 Å². The Kier molecular flexibility index (Phi) is 19.1. The van der Waals surface area contributed by atoms with E-state index in [-0.39, 0.29) is 59.9 Å². The largest absolute Gasteiger partial charge is 0.496 e. The van der Waals surface area contributed by atoms with E-state index in [0.717, 1.165) is 41.1 Å². The van der Waals surface area contributed by atoms with Crippen molar-refractivity contribution in [3.05, 3.63) is 128 Å². The minimum atomic E-state index is -2.23. The first-order chi connectivity index (χ1) is 44.6. The van der Waals surface area contributed by atoms with Crippen LogP contribution in [0, 0.1) is 11.3 Å². The highest BCUT2D eigenvalue weighted by Crippen LogP contribution is 2.68. The average molecular weight is 1320 g/mol. The Morgan fingerprint density at radius 2 is 1.74 bits per heavy atom. The molecule has 3 aromatic carbocycles. The molecule has 5 aliphatic heterocycles. The Morgan fingerprint density at radius 1 is 0.968 bits per heavy atom. The summed E-state index contributed by atoms with van der Waals surface area (Å²) in [6.07, 6.45) is 8.17. The van der Waals surface area contributed by atoms with Crippen molar-refractivity contribution in [3.8, 4) is 5.75 Å². The molecule has 2 unspecified atom stereocenters. The number of esters is 2. The molecule has 496 valence electrons. The first kappa shape index (κ1) is 66.8. The van der Waals surface area contributed by atoms with Crippen molar-refractivity contribution in [3.63, 3.8) is 0 Å². The van der Waals surface area contributed by atoms with Crippen molar-refractivity contribution in [2.45, 2.75) is 119 Å². The number of rotatable bonds is 19. The number of hydrogen-bond acceptors (Lipinski definition) is 23. The van der Waals surface area contributed by atoms with Gasteiger partial charge in [0, 0.05) is 104 Å². The molecule has 2 bridgehead atoms. The van der Waals surface area contributed by atoms with Crippen LogP contribution < -0.4 is 42.4 Å². The number of carbonyl (C=O) groups is 5. The summed E-state index contributed by atoms with van der Waals surface area (Å²) in [5, 5.41) is 52.6. The molecule has 1 saturated carbocycles. The van der Waals surface area contributed by atoms with Gasteiger partial charge >= 0.3 is 17.9 Å². The van der Waals surface area contributed by atoms with E-state index in [0.29, 0.717) is 98.6 Å². The summed E-state index contributed by atoms with van der Waals surface area (Å²) in [6, 6.07) is 16.8. The van der Waals surface area contributed by atoms with Crippen LogP contribution in [0.25, 0.3) is 16.7 Å². The maximum atomic E-state index is 15.3. The van der Waals surface area contributed by atoms with Crippen LogP contribution in [0.2, 0.25) is 0 Å². The lowest BCUT2D eigenvalue weighted by atomic mass is 9.47. The number of carboxylic acid groups (broad SMARTS) is 1. The number of nitrogen functional groups attached to an aromatic ring is 1. The zero-order chi connectivity index (χ0) is 66.4. The molecule has 93 heavy (non-hydrogen) atoms. The van der Waals surface area contributed by atoms with Crippen molar-refractivity contribution in [1.29, 1.82) is 0 Å². The Balaban J connectivity index is 0.000000212. The zero-order valence-electron chi connectivity index (χ0n) is 53.2. The maximum Gasteiger partial charge on any atom is 0.327 e. The Bertz CT molecular complexity index is 3860. The van der Waals surface area contributed by atoms with Gasteiger partial charge in [0.2, 0.25) is 5.95 Å². The Hall–Kier alpha value is -7.63. The lowest BCUT2D eigenvalue weighted by Crippen LogP contribution is -2.82. The van der Waals surface area contributed by atoms with Crippen LogP contribution in [0.5, 0.6) is 5.75 Å². The highest BCUT2D eigenvalue weighted by molar-refractivity contribution is 8.76. The summed E-state index contributed by atoms with van der Waals surface area (Å²) in [4.78, 5) is 97.8. The second kappa shape index (κ2) is 26.6. The molecule has 2 aromatic heterocycles. The fraction of sp³-hybridized carbons (Fsp3) is 0.500. The van der Waals surface area contributed by atoms with Crippen LogP contribution in [0.15, 0.2) is 89.4 Å². The highest BCUT2D eigenvalue weighted by atomic mass is 33.1. The number of ether oxygens (including phenoxy) is 3. The number of carboxylic acids is 1. The molecule has 7 heterocycles. The Morgan fingerprint density at radius 3 is 2.45 bits per heavy atom. The van der Waals surface area contributed by atoms with Crippen LogP contribution in [0.4, 0.5) is 17.3 Å². The number of methoxy groups -OCH3 is 2. The van der Waals surface area contributed by atoms with Crippen molar-refractivity contribution in [1.82, 2.24) is 45.9 Å². The van der Waals surface area contributed by atoms with Gasteiger partial charge in [-0.1, -0.05) is 71.9 Å². The van der Waals surface area contributed by atoms with Gasteiger partial charge in [-0.25, -0.2) is 20.2 Å². The summed E-state index contributed by atoms with van der Waals surface area (Å²) >= 11 is 0. The predicted molar refractivity (Wildman–Crippen MR) is 353 cm³/mol. The number of nitrogens with one attached hydrogen (secondary N) is 5. The second-order valence-corrected chi connectivity index (χ2v) is 28.0. The number of aromatic nitrogens is 4. The van der Waals surface area contributed by atoms with Gasteiger partial charge in [-0.15, -0.1) is 0 Å². The van der Waals surface area contributed by atoms with Crippen molar-refractivity contribution in [2.75, 3.05) is 95.1 Å². The molecule has 7 aliphatic rings. The summed E-state index contributed by atoms with van der Waals surface area (Å²) < 4.78 is 17.2. The summed E-state index contributed by atoms with van der Waals surface area (Å²) in [7, 11) is 9.19. The summed E-state index contributed by atoms with van der Waals surface area (Å²) in [5.74, 6) is -2.01. The number of aliphatic hydroxyl groups is 3. The van der Waals surface area contributed by atoms with E-state index < -0.39 is 69.0 Å². The number of likely N-dealkylation sites (N-methyl/N-ethyl adjacent to an activating group) is 1. The van der Waals surface area contributed by atoms with Crippen LogP contribution in [-0.4, -0.2) is 194 Å². The van der Waals surface area contributed by atoms with Gasteiger partial charge < -0.3 is 55.9 Å². The first-order valence-corrected chi connectivity index (χ1v) is 33.9. The predicted octanol–water partition coefficient (Wildman–Crippen LogP) is 3.86. The van der Waals surface area contributed by atoms with Gasteiger partial charge in [-0.3, -0.25) is 44.2 Å². The van der Waals surface area contributed by atoms with E-state index in [4.69, 9.17) is 19.9 Å². The van der Waals surface area contributed by atoms with Crippen molar-refractivity contribution < 1.29 is 58.6 Å². The van der Waals surface area contributed by atoms with E-state index in [1.807, 2.05) is 37.9 Å². The van der Waals surface area contributed by atoms with Gasteiger partial charge in [-0.2, -0.15) is 4.98 Å². The van der Waals surface area contributed by atoms with Gasteiger partial charge in [0.05, 0.1) is 44.3 Å². The smallest absolute Gasteiger partial charge is 0.327 e. The lowest BCUT2D eigenvalue weighted by Gasteiger charge is -2.63. The minimum absolute atomic E-state index is 0.0386. The average Bonchev–Trinajstić information content (AvgIpc) is 1.51. The van der Waals surface area contributed by atoms with Crippen molar-refractivity contribution in [2.24, 2.45) is 11.3 Å². The minimum Gasteiger partial charge on any atom is -0.496 e. The van der Waals surface area contributed by atoms with Gasteiger partial charge in [-0.05, 0) is 116 Å². The second-order valence-electron chi connectivity index (χ2n) is 25.3. The number of fused-ring (bicyclic) bond motifs is 6.